The van der Waals surface area contributed by atoms with E-state index in [9.17, 15) is 0 Å². The molecule has 0 aliphatic heterocycles. The Labute approximate surface area is 102 Å². The first-order chi connectivity index (χ1) is 8.09. The minimum absolute atomic E-state index is 0.450. The summed E-state index contributed by atoms with van der Waals surface area (Å²) in [5.74, 6) is 6.58. The molecule has 0 unspecified atom stereocenters. The standard InChI is InChI=1S/C12H21N5/c1-12(2)6-3-9(4-7-12)15-10-5-8-14-11(16-10)17-13/h5,8-9H,3-4,6-7,13H2,1-2H3,(H2,14,15,16,17). The van der Waals surface area contributed by atoms with Gasteiger partial charge in [0.15, 0.2) is 0 Å². The molecule has 2 rings (SSSR count). The topological polar surface area (TPSA) is 75.9 Å². The molecule has 1 aliphatic carbocycles. The van der Waals surface area contributed by atoms with Gasteiger partial charge in [-0.3, -0.25) is 5.43 Å². The molecule has 0 amide bonds. The number of hydrogen-bond acceptors (Lipinski definition) is 5. The minimum Gasteiger partial charge on any atom is -0.367 e. The molecule has 0 bridgehead atoms. The maximum Gasteiger partial charge on any atom is 0.239 e. The van der Waals surface area contributed by atoms with Crippen molar-refractivity contribution in [2.45, 2.75) is 45.6 Å². The number of hydrazine groups is 1. The van der Waals surface area contributed by atoms with Crippen LogP contribution >= 0.6 is 0 Å². The third-order valence-electron chi connectivity index (χ3n) is 3.48. The van der Waals surface area contributed by atoms with Crippen LogP contribution in [0.15, 0.2) is 12.3 Å². The zero-order valence-corrected chi connectivity index (χ0v) is 10.5. The van der Waals surface area contributed by atoms with Gasteiger partial charge in [-0.2, -0.15) is 4.98 Å². The van der Waals surface area contributed by atoms with Crippen LogP contribution in [-0.2, 0) is 0 Å². The van der Waals surface area contributed by atoms with Crippen LogP contribution in [0.3, 0.4) is 0 Å². The highest BCUT2D eigenvalue weighted by atomic mass is 15.3. The van der Waals surface area contributed by atoms with Gasteiger partial charge in [0, 0.05) is 12.2 Å². The summed E-state index contributed by atoms with van der Waals surface area (Å²) in [5, 5.41) is 3.45. The number of aromatic nitrogens is 2. The molecule has 0 atom stereocenters. The largest absolute Gasteiger partial charge is 0.367 e. The smallest absolute Gasteiger partial charge is 0.239 e. The monoisotopic (exact) mass is 235 g/mol. The summed E-state index contributed by atoms with van der Waals surface area (Å²) in [4.78, 5) is 8.25. The Hall–Kier alpha value is -1.36. The second kappa shape index (κ2) is 4.87. The third-order valence-corrected chi connectivity index (χ3v) is 3.48. The molecule has 5 nitrogen and oxygen atoms in total. The van der Waals surface area contributed by atoms with E-state index in [1.807, 2.05) is 6.07 Å². The number of nitrogen functional groups attached to an aromatic ring is 1. The van der Waals surface area contributed by atoms with E-state index in [0.29, 0.717) is 17.4 Å². The predicted molar refractivity (Wildman–Crippen MR) is 69.5 cm³/mol. The quantitative estimate of drug-likeness (QED) is 0.553. The second-order valence-electron chi connectivity index (χ2n) is 5.49. The lowest BCUT2D eigenvalue weighted by molar-refractivity contribution is 0.232. The molecule has 1 aromatic heterocycles. The molecule has 1 fully saturated rings. The molecule has 17 heavy (non-hydrogen) atoms. The second-order valence-corrected chi connectivity index (χ2v) is 5.49. The SMILES string of the molecule is CC1(C)CCC(Nc2ccnc(NN)n2)CC1. The van der Waals surface area contributed by atoms with Crippen LogP contribution in [0, 0.1) is 5.41 Å². The molecule has 0 spiro atoms. The summed E-state index contributed by atoms with van der Waals surface area (Å²) in [7, 11) is 0. The van der Waals surface area contributed by atoms with Gasteiger partial charge in [-0.25, -0.2) is 10.8 Å². The van der Waals surface area contributed by atoms with Crippen molar-refractivity contribution in [3.05, 3.63) is 12.3 Å². The normalized spacial score (nSPS) is 19.9. The lowest BCUT2D eigenvalue weighted by Crippen LogP contribution is -2.30. The fourth-order valence-electron chi connectivity index (χ4n) is 2.26. The predicted octanol–water partition coefficient (Wildman–Crippen LogP) is 2.14. The van der Waals surface area contributed by atoms with E-state index in [-0.39, 0.29) is 0 Å². The van der Waals surface area contributed by atoms with Crippen LogP contribution in [0.4, 0.5) is 11.8 Å². The highest BCUT2D eigenvalue weighted by Crippen LogP contribution is 2.35. The first-order valence-corrected chi connectivity index (χ1v) is 6.15. The van der Waals surface area contributed by atoms with E-state index in [1.54, 1.807) is 6.20 Å². The molecule has 5 heteroatoms. The molecule has 1 heterocycles. The van der Waals surface area contributed by atoms with E-state index in [2.05, 4.69) is 34.6 Å². The first-order valence-electron chi connectivity index (χ1n) is 6.15. The summed E-state index contributed by atoms with van der Waals surface area (Å²) in [6, 6.07) is 2.39. The summed E-state index contributed by atoms with van der Waals surface area (Å²) < 4.78 is 0. The fraction of sp³-hybridized carbons (Fsp3) is 0.667. The number of hydrogen-bond donors (Lipinski definition) is 3. The van der Waals surface area contributed by atoms with Crippen LogP contribution < -0.4 is 16.6 Å². The lowest BCUT2D eigenvalue weighted by Gasteiger charge is -2.34. The van der Waals surface area contributed by atoms with Gasteiger partial charge in [0.05, 0.1) is 0 Å². The number of nitrogens with zero attached hydrogens (tertiary/aromatic N) is 2. The van der Waals surface area contributed by atoms with Crippen molar-refractivity contribution < 1.29 is 0 Å². The van der Waals surface area contributed by atoms with Crippen molar-refractivity contribution in [3.63, 3.8) is 0 Å². The summed E-state index contributed by atoms with van der Waals surface area (Å²) in [6.07, 6.45) is 6.62. The molecule has 1 saturated carbocycles. The average molecular weight is 235 g/mol. The van der Waals surface area contributed by atoms with Gasteiger partial charge in [-0.15, -0.1) is 0 Å². The number of anilines is 2. The molecular formula is C12H21N5. The Morgan fingerprint density at radius 1 is 1.35 bits per heavy atom. The Morgan fingerprint density at radius 2 is 2.06 bits per heavy atom. The summed E-state index contributed by atoms with van der Waals surface area (Å²) in [5.41, 5.74) is 2.95. The lowest BCUT2D eigenvalue weighted by atomic mass is 9.75. The van der Waals surface area contributed by atoms with Crippen LogP contribution in [-0.4, -0.2) is 16.0 Å². The van der Waals surface area contributed by atoms with E-state index >= 15 is 0 Å². The molecular weight excluding hydrogens is 214 g/mol. The third kappa shape index (κ3) is 3.30. The molecule has 4 N–H and O–H groups in total. The number of nitrogens with one attached hydrogen (secondary N) is 2. The first kappa shape index (κ1) is 12.1. The van der Waals surface area contributed by atoms with Crippen LogP contribution in [0.2, 0.25) is 0 Å². The highest BCUT2D eigenvalue weighted by Gasteiger charge is 2.26. The Kier molecular flexibility index (Phi) is 3.47. The fourth-order valence-corrected chi connectivity index (χ4v) is 2.26. The minimum atomic E-state index is 0.450. The van der Waals surface area contributed by atoms with Gasteiger partial charge in [0.2, 0.25) is 5.95 Å². The Bertz CT molecular complexity index is 367. The van der Waals surface area contributed by atoms with Crippen LogP contribution in [0.25, 0.3) is 0 Å². The van der Waals surface area contributed by atoms with E-state index in [0.717, 1.165) is 5.82 Å². The zero-order valence-electron chi connectivity index (χ0n) is 10.5. The highest BCUT2D eigenvalue weighted by molar-refractivity contribution is 5.39. The van der Waals surface area contributed by atoms with Crippen molar-refractivity contribution in [2.75, 3.05) is 10.7 Å². The average Bonchev–Trinajstić information content (AvgIpc) is 2.32. The van der Waals surface area contributed by atoms with Gasteiger partial charge in [0.25, 0.3) is 0 Å². The molecule has 0 saturated heterocycles. The van der Waals surface area contributed by atoms with Crippen molar-refractivity contribution in [3.8, 4) is 0 Å². The van der Waals surface area contributed by atoms with Crippen molar-refractivity contribution >= 4 is 11.8 Å². The van der Waals surface area contributed by atoms with Gasteiger partial charge < -0.3 is 5.32 Å². The van der Waals surface area contributed by atoms with Gasteiger partial charge >= 0.3 is 0 Å². The van der Waals surface area contributed by atoms with Crippen molar-refractivity contribution in [1.82, 2.24) is 9.97 Å². The maximum atomic E-state index is 5.28. The van der Waals surface area contributed by atoms with E-state index in [4.69, 9.17) is 5.84 Å². The maximum absolute atomic E-state index is 5.28. The van der Waals surface area contributed by atoms with Gasteiger partial charge in [-0.05, 0) is 37.2 Å². The summed E-state index contributed by atoms with van der Waals surface area (Å²) in [6.45, 7) is 4.68. The Balaban J connectivity index is 1.93. The van der Waals surface area contributed by atoms with Crippen LogP contribution in [0.5, 0.6) is 0 Å². The van der Waals surface area contributed by atoms with E-state index in [1.165, 1.54) is 25.7 Å². The zero-order chi connectivity index (χ0) is 12.3. The number of rotatable bonds is 3. The molecule has 1 aliphatic rings. The van der Waals surface area contributed by atoms with Gasteiger partial charge in [0.1, 0.15) is 5.82 Å². The van der Waals surface area contributed by atoms with Crippen molar-refractivity contribution in [2.24, 2.45) is 11.3 Å². The molecule has 0 aromatic carbocycles. The van der Waals surface area contributed by atoms with E-state index < -0.39 is 0 Å². The summed E-state index contributed by atoms with van der Waals surface area (Å²) >= 11 is 0. The molecule has 1 aromatic rings. The number of nitrogens with two attached hydrogens (primary N) is 1. The van der Waals surface area contributed by atoms with Gasteiger partial charge in [-0.1, -0.05) is 13.8 Å². The van der Waals surface area contributed by atoms with Crippen molar-refractivity contribution in [1.29, 1.82) is 0 Å². The Morgan fingerprint density at radius 3 is 2.71 bits per heavy atom. The van der Waals surface area contributed by atoms with Crippen LogP contribution in [0.1, 0.15) is 39.5 Å². The molecule has 94 valence electrons. The molecule has 0 radical (unpaired) electrons.